The first kappa shape index (κ1) is 22.9. The summed E-state index contributed by atoms with van der Waals surface area (Å²) in [6, 6.07) is 8.15. The number of rotatable bonds is 4. The summed E-state index contributed by atoms with van der Waals surface area (Å²) in [7, 11) is 0. The number of allylic oxidation sites excluding steroid dienone is 2. The molecule has 0 fully saturated rings. The fourth-order valence-electron chi connectivity index (χ4n) is 3.96. The van der Waals surface area contributed by atoms with Gasteiger partial charge in [-0.1, -0.05) is 31.2 Å². The van der Waals surface area contributed by atoms with Crippen LogP contribution in [0.25, 0.3) is 16.7 Å². The van der Waals surface area contributed by atoms with Crippen LogP contribution in [0.15, 0.2) is 48.5 Å². The van der Waals surface area contributed by atoms with Crippen molar-refractivity contribution in [3.05, 3.63) is 94.1 Å². The molecule has 33 heavy (non-hydrogen) atoms. The molecule has 0 bridgehead atoms. The maximum atomic E-state index is 15.2. The van der Waals surface area contributed by atoms with Crippen LogP contribution < -0.4 is 4.74 Å². The molecule has 0 unspecified atom stereocenters. The predicted octanol–water partition coefficient (Wildman–Crippen LogP) is 7.55. The van der Waals surface area contributed by atoms with E-state index in [1.54, 1.807) is 18.2 Å². The molecule has 1 aliphatic carbocycles. The van der Waals surface area contributed by atoms with E-state index >= 15 is 4.39 Å². The van der Waals surface area contributed by atoms with Crippen molar-refractivity contribution in [2.45, 2.75) is 32.5 Å². The number of ether oxygens (including phenoxy) is 1. The van der Waals surface area contributed by atoms with Gasteiger partial charge in [0.05, 0.1) is 5.56 Å². The fraction of sp³-hybridized carbons (Fsp3) is 0.200. The average molecular weight is 466 g/mol. The average Bonchev–Trinajstić information content (AvgIpc) is 2.74. The van der Waals surface area contributed by atoms with Gasteiger partial charge in [0.25, 0.3) is 0 Å². The molecule has 0 radical (unpaired) electrons. The minimum atomic E-state index is -5.11. The van der Waals surface area contributed by atoms with Crippen molar-refractivity contribution >= 4 is 5.57 Å². The first-order valence-corrected chi connectivity index (χ1v) is 10.1. The van der Waals surface area contributed by atoms with Gasteiger partial charge in [-0.25, -0.2) is 17.6 Å². The standard InChI is InChI=1S/C25H17F7O/c1-2-13-3-6-17(19(26)9-13)14-4-7-18-16(10-14)12-21(28)23(24(18)29)15-5-8-22(20(27)11-15)33-25(30,31)32/h3-6,8-9,11-12H,2,7,10H2,1H3. The second kappa shape index (κ2) is 8.57. The van der Waals surface area contributed by atoms with Crippen LogP contribution in [0.4, 0.5) is 30.7 Å². The molecule has 0 amide bonds. The Kier molecular flexibility index (Phi) is 5.95. The first-order chi connectivity index (χ1) is 15.6. The highest BCUT2D eigenvalue weighted by Gasteiger charge is 2.32. The van der Waals surface area contributed by atoms with Crippen LogP contribution in [0, 0.1) is 23.3 Å². The lowest BCUT2D eigenvalue weighted by molar-refractivity contribution is -0.275. The van der Waals surface area contributed by atoms with E-state index in [2.05, 4.69) is 4.74 Å². The van der Waals surface area contributed by atoms with Crippen molar-refractivity contribution in [3.63, 3.8) is 0 Å². The summed E-state index contributed by atoms with van der Waals surface area (Å²) >= 11 is 0. The van der Waals surface area contributed by atoms with Crippen molar-refractivity contribution in [2.75, 3.05) is 0 Å². The van der Waals surface area contributed by atoms with Gasteiger partial charge in [0.1, 0.15) is 17.5 Å². The van der Waals surface area contributed by atoms with E-state index in [-0.39, 0.29) is 24.0 Å². The molecule has 1 nitrogen and oxygen atoms in total. The molecular weight excluding hydrogens is 449 g/mol. The molecule has 3 aromatic carbocycles. The van der Waals surface area contributed by atoms with Crippen molar-refractivity contribution in [3.8, 4) is 16.9 Å². The quantitative estimate of drug-likeness (QED) is 0.361. The largest absolute Gasteiger partial charge is 0.573 e. The third-order valence-corrected chi connectivity index (χ3v) is 5.58. The van der Waals surface area contributed by atoms with E-state index < -0.39 is 40.9 Å². The maximum Gasteiger partial charge on any atom is 0.573 e. The van der Waals surface area contributed by atoms with Gasteiger partial charge in [-0.15, -0.1) is 13.2 Å². The van der Waals surface area contributed by atoms with Gasteiger partial charge in [-0.3, -0.25) is 0 Å². The normalized spacial score (nSPS) is 13.5. The number of alkyl halides is 3. The minimum absolute atomic E-state index is 0.0521. The first-order valence-electron chi connectivity index (χ1n) is 10.1. The Balaban J connectivity index is 1.68. The molecule has 4 rings (SSSR count). The van der Waals surface area contributed by atoms with E-state index in [9.17, 15) is 26.3 Å². The van der Waals surface area contributed by atoms with Crippen LogP contribution in [0.5, 0.6) is 5.75 Å². The molecule has 0 atom stereocenters. The van der Waals surface area contributed by atoms with Crippen LogP contribution in [-0.2, 0) is 19.3 Å². The zero-order chi connectivity index (χ0) is 23.9. The lowest BCUT2D eigenvalue weighted by Gasteiger charge is -2.21. The summed E-state index contributed by atoms with van der Waals surface area (Å²) in [6.07, 6.45) is -2.64. The molecule has 8 heteroatoms. The molecular formula is C25H17F7O. The van der Waals surface area contributed by atoms with E-state index in [0.717, 1.165) is 17.7 Å². The smallest absolute Gasteiger partial charge is 0.403 e. The third-order valence-electron chi connectivity index (χ3n) is 5.58. The van der Waals surface area contributed by atoms with Crippen LogP contribution in [0.2, 0.25) is 0 Å². The summed E-state index contributed by atoms with van der Waals surface area (Å²) in [5.74, 6) is -4.87. The SMILES string of the molecule is CCc1ccc(C2=CCc3c(cc(F)c(-c4ccc(OC(F)(F)F)c(F)c4)c3F)C2)c(F)c1. The highest BCUT2D eigenvalue weighted by Crippen LogP contribution is 2.38. The Morgan fingerprint density at radius 3 is 2.27 bits per heavy atom. The Bertz CT molecular complexity index is 1260. The minimum Gasteiger partial charge on any atom is -0.403 e. The van der Waals surface area contributed by atoms with E-state index in [1.165, 1.54) is 6.07 Å². The van der Waals surface area contributed by atoms with Crippen LogP contribution in [0.1, 0.15) is 29.2 Å². The molecule has 0 aromatic heterocycles. The van der Waals surface area contributed by atoms with Gasteiger partial charge in [-0.2, -0.15) is 0 Å². The molecule has 172 valence electrons. The Morgan fingerprint density at radius 1 is 0.879 bits per heavy atom. The van der Waals surface area contributed by atoms with Gasteiger partial charge in [0.15, 0.2) is 11.6 Å². The molecule has 1 aliphatic rings. The van der Waals surface area contributed by atoms with E-state index in [1.807, 2.05) is 6.92 Å². The van der Waals surface area contributed by atoms with Gasteiger partial charge >= 0.3 is 6.36 Å². The molecule has 0 heterocycles. The van der Waals surface area contributed by atoms with Crippen molar-refractivity contribution in [1.29, 1.82) is 0 Å². The maximum absolute atomic E-state index is 15.2. The Labute approximate surface area is 185 Å². The number of benzene rings is 3. The molecule has 0 spiro atoms. The highest BCUT2D eigenvalue weighted by atomic mass is 19.4. The Morgan fingerprint density at radius 2 is 1.64 bits per heavy atom. The monoisotopic (exact) mass is 466 g/mol. The number of fused-ring (bicyclic) bond motifs is 1. The van der Waals surface area contributed by atoms with Gasteiger partial charge in [0, 0.05) is 5.56 Å². The van der Waals surface area contributed by atoms with Gasteiger partial charge < -0.3 is 4.74 Å². The fourth-order valence-corrected chi connectivity index (χ4v) is 3.96. The van der Waals surface area contributed by atoms with Gasteiger partial charge in [-0.05, 0) is 71.4 Å². The number of halogens is 7. The zero-order valence-corrected chi connectivity index (χ0v) is 17.3. The molecule has 0 N–H and O–H groups in total. The summed E-state index contributed by atoms with van der Waals surface area (Å²) in [4.78, 5) is 0. The molecule has 0 aliphatic heterocycles. The number of aryl methyl sites for hydroxylation is 1. The van der Waals surface area contributed by atoms with Gasteiger partial charge in [0.2, 0.25) is 0 Å². The van der Waals surface area contributed by atoms with Crippen LogP contribution in [0.3, 0.4) is 0 Å². The van der Waals surface area contributed by atoms with Crippen LogP contribution in [-0.4, -0.2) is 6.36 Å². The highest BCUT2D eigenvalue weighted by molar-refractivity contribution is 5.74. The second-order valence-corrected chi connectivity index (χ2v) is 7.66. The van der Waals surface area contributed by atoms with E-state index in [4.69, 9.17) is 0 Å². The Hall–Kier alpha value is -3.29. The van der Waals surface area contributed by atoms with Crippen molar-refractivity contribution < 1.29 is 35.5 Å². The number of hydrogen-bond acceptors (Lipinski definition) is 1. The predicted molar refractivity (Wildman–Crippen MR) is 110 cm³/mol. The van der Waals surface area contributed by atoms with Crippen molar-refractivity contribution in [2.24, 2.45) is 0 Å². The second-order valence-electron chi connectivity index (χ2n) is 7.66. The lowest BCUT2D eigenvalue weighted by atomic mass is 9.85. The van der Waals surface area contributed by atoms with E-state index in [0.29, 0.717) is 35.3 Å². The van der Waals surface area contributed by atoms with Crippen LogP contribution >= 0.6 is 0 Å². The third kappa shape index (κ3) is 4.60. The number of hydrogen-bond donors (Lipinski definition) is 0. The lowest BCUT2D eigenvalue weighted by Crippen LogP contribution is -2.18. The summed E-state index contributed by atoms with van der Waals surface area (Å²) in [5.41, 5.74) is 1.43. The molecule has 3 aromatic rings. The molecule has 0 saturated heterocycles. The van der Waals surface area contributed by atoms with Crippen molar-refractivity contribution in [1.82, 2.24) is 0 Å². The summed E-state index contributed by atoms with van der Waals surface area (Å²) < 4.78 is 99.3. The topological polar surface area (TPSA) is 9.23 Å². The summed E-state index contributed by atoms with van der Waals surface area (Å²) in [6.45, 7) is 1.90. The zero-order valence-electron chi connectivity index (χ0n) is 17.3. The molecule has 0 saturated carbocycles. The summed E-state index contributed by atoms with van der Waals surface area (Å²) in [5, 5.41) is 0.